The normalized spacial score (nSPS) is 12.1. The zero-order valence-corrected chi connectivity index (χ0v) is 16.1. The largest absolute Gasteiger partial charge is 0.345 e. The number of rotatable bonds is 4. The number of nitrogens with zero attached hydrogens (tertiary/aromatic N) is 4. The van der Waals surface area contributed by atoms with E-state index < -0.39 is 0 Å². The minimum atomic E-state index is 0.882. The van der Waals surface area contributed by atoms with Gasteiger partial charge in [-0.25, -0.2) is 0 Å². The van der Waals surface area contributed by atoms with Crippen molar-refractivity contribution >= 4 is 39.1 Å². The van der Waals surface area contributed by atoms with Gasteiger partial charge in [-0.15, -0.1) is 5.10 Å². The lowest BCUT2D eigenvalue weighted by Gasteiger charge is -2.19. The second-order valence-corrected chi connectivity index (χ2v) is 7.25. The molecule has 0 saturated carbocycles. The quantitative estimate of drug-likeness (QED) is 0.369. The van der Waals surface area contributed by atoms with E-state index in [1.165, 1.54) is 10.2 Å². The fourth-order valence-corrected chi connectivity index (χ4v) is 3.88. The van der Waals surface area contributed by atoms with Gasteiger partial charge in [-0.2, -0.15) is 5.10 Å². The Morgan fingerprint density at radius 3 is 2.26 bits per heavy atom. The van der Waals surface area contributed by atoms with Crippen LogP contribution in [0.4, 0.5) is 11.4 Å². The molecule has 3 aromatic carbocycles. The fraction of sp³-hybridized carbons (Fsp3) is 0.0909. The van der Waals surface area contributed by atoms with Crippen molar-refractivity contribution in [3.8, 4) is 0 Å². The van der Waals surface area contributed by atoms with Gasteiger partial charge in [0.15, 0.2) is 0 Å². The Labute approximate surface area is 162 Å². The van der Waals surface area contributed by atoms with E-state index in [4.69, 9.17) is 0 Å². The highest BCUT2D eigenvalue weighted by molar-refractivity contribution is 7.16. The number of benzene rings is 3. The summed E-state index contributed by atoms with van der Waals surface area (Å²) in [7, 11) is 4.08. The molecule has 0 aliphatic rings. The molecule has 0 fully saturated rings. The van der Waals surface area contributed by atoms with Gasteiger partial charge in [0.1, 0.15) is 0 Å². The third-order valence-corrected chi connectivity index (χ3v) is 5.59. The van der Waals surface area contributed by atoms with Crippen LogP contribution in [0.25, 0.3) is 10.2 Å². The van der Waals surface area contributed by atoms with Crippen molar-refractivity contribution in [2.24, 2.45) is 17.3 Å². The zero-order valence-electron chi connectivity index (χ0n) is 15.3. The molecule has 0 radical (unpaired) electrons. The summed E-state index contributed by atoms with van der Waals surface area (Å²) in [5.74, 6) is 0. The van der Waals surface area contributed by atoms with E-state index in [9.17, 15) is 0 Å². The maximum absolute atomic E-state index is 4.38. The van der Waals surface area contributed by atoms with Crippen LogP contribution in [0.1, 0.15) is 5.56 Å². The standard InChI is InChI=1S/C22H20N4S/c1-25(18-8-4-3-5-9-18)19-14-12-17(13-15-19)16-23-24-22-26(2)20-10-6-7-11-21(20)27-22/h3-16H,1-2H3/b23-16-,24-22+. The number of aromatic nitrogens is 1. The maximum Gasteiger partial charge on any atom is 0.211 e. The number of thiazole rings is 1. The van der Waals surface area contributed by atoms with Crippen LogP contribution in [0.2, 0.25) is 0 Å². The summed E-state index contributed by atoms with van der Waals surface area (Å²) in [5.41, 5.74) is 4.48. The van der Waals surface area contributed by atoms with Gasteiger partial charge in [0.05, 0.1) is 16.4 Å². The highest BCUT2D eigenvalue weighted by Gasteiger charge is 2.03. The first-order valence-corrected chi connectivity index (χ1v) is 9.54. The molecule has 0 aliphatic heterocycles. The average molecular weight is 372 g/mol. The van der Waals surface area contributed by atoms with Gasteiger partial charge in [0.25, 0.3) is 0 Å². The smallest absolute Gasteiger partial charge is 0.211 e. The van der Waals surface area contributed by atoms with E-state index in [2.05, 4.69) is 75.2 Å². The molecule has 0 amide bonds. The Hall–Kier alpha value is -3.18. The molecule has 4 rings (SSSR count). The van der Waals surface area contributed by atoms with Crippen molar-refractivity contribution in [3.63, 3.8) is 0 Å². The van der Waals surface area contributed by atoms with Crippen molar-refractivity contribution in [1.29, 1.82) is 0 Å². The van der Waals surface area contributed by atoms with Crippen molar-refractivity contribution in [3.05, 3.63) is 89.2 Å². The molecule has 0 unspecified atom stereocenters. The summed E-state index contributed by atoms with van der Waals surface area (Å²) in [6.45, 7) is 0. The van der Waals surface area contributed by atoms with Gasteiger partial charge in [-0.05, 0) is 42.0 Å². The lowest BCUT2D eigenvalue weighted by atomic mass is 10.2. The first-order chi connectivity index (χ1) is 13.2. The number of aryl methyl sites for hydroxylation is 1. The second-order valence-electron chi connectivity index (χ2n) is 6.24. The minimum absolute atomic E-state index is 0.882. The van der Waals surface area contributed by atoms with Crippen LogP contribution in [0.5, 0.6) is 0 Å². The van der Waals surface area contributed by atoms with Gasteiger partial charge in [-0.3, -0.25) is 0 Å². The van der Waals surface area contributed by atoms with Crippen LogP contribution in [-0.2, 0) is 7.05 Å². The summed E-state index contributed by atoms with van der Waals surface area (Å²) in [6.07, 6.45) is 1.79. The van der Waals surface area contributed by atoms with Crippen molar-refractivity contribution in [2.45, 2.75) is 0 Å². The Bertz CT molecular complexity index is 1140. The summed E-state index contributed by atoms with van der Waals surface area (Å²) in [4.78, 5) is 3.04. The first kappa shape index (κ1) is 17.2. The van der Waals surface area contributed by atoms with E-state index in [1.807, 2.05) is 37.4 Å². The molecule has 1 heterocycles. The molecule has 0 aliphatic carbocycles. The summed E-state index contributed by atoms with van der Waals surface area (Å²) < 4.78 is 3.28. The summed E-state index contributed by atoms with van der Waals surface area (Å²) in [6, 6.07) is 26.9. The molecule has 27 heavy (non-hydrogen) atoms. The molecule has 0 atom stereocenters. The Morgan fingerprint density at radius 1 is 0.852 bits per heavy atom. The van der Waals surface area contributed by atoms with Crippen molar-refractivity contribution in [2.75, 3.05) is 11.9 Å². The molecule has 0 saturated heterocycles. The van der Waals surface area contributed by atoms with E-state index in [1.54, 1.807) is 17.6 Å². The van der Waals surface area contributed by atoms with E-state index in [0.717, 1.165) is 21.7 Å². The van der Waals surface area contributed by atoms with Gasteiger partial charge in [-0.1, -0.05) is 53.8 Å². The highest BCUT2D eigenvalue weighted by Crippen LogP contribution is 2.23. The molecular formula is C22H20N4S. The lowest BCUT2D eigenvalue weighted by Crippen LogP contribution is -2.09. The molecule has 5 heteroatoms. The second kappa shape index (κ2) is 7.60. The van der Waals surface area contributed by atoms with Crippen LogP contribution < -0.4 is 9.70 Å². The third-order valence-electron chi connectivity index (χ3n) is 4.49. The van der Waals surface area contributed by atoms with Gasteiger partial charge in [0.2, 0.25) is 4.80 Å². The SMILES string of the molecule is CN(c1ccccc1)c1ccc(/C=N\N=c2\sc3ccccc3n2C)cc1. The Kier molecular flexibility index (Phi) is 4.85. The highest BCUT2D eigenvalue weighted by atomic mass is 32.1. The Morgan fingerprint density at radius 2 is 1.52 bits per heavy atom. The number of hydrogen-bond donors (Lipinski definition) is 0. The predicted molar refractivity (Wildman–Crippen MR) is 115 cm³/mol. The lowest BCUT2D eigenvalue weighted by molar-refractivity contribution is 0.889. The molecule has 134 valence electrons. The number of hydrogen-bond acceptors (Lipinski definition) is 4. The van der Waals surface area contributed by atoms with Crippen molar-refractivity contribution in [1.82, 2.24) is 4.57 Å². The van der Waals surface area contributed by atoms with Gasteiger partial charge < -0.3 is 9.47 Å². The third kappa shape index (κ3) is 3.68. The van der Waals surface area contributed by atoms with Crippen LogP contribution >= 0.6 is 11.3 Å². The van der Waals surface area contributed by atoms with E-state index in [-0.39, 0.29) is 0 Å². The monoisotopic (exact) mass is 372 g/mol. The topological polar surface area (TPSA) is 32.9 Å². The Balaban J connectivity index is 1.53. The van der Waals surface area contributed by atoms with Crippen LogP contribution in [0.3, 0.4) is 0 Å². The number of para-hydroxylation sites is 2. The molecule has 0 spiro atoms. The van der Waals surface area contributed by atoms with Crippen LogP contribution in [0.15, 0.2) is 89.1 Å². The molecule has 0 N–H and O–H groups in total. The summed E-state index contributed by atoms with van der Waals surface area (Å²) in [5, 5.41) is 8.66. The number of anilines is 2. The van der Waals surface area contributed by atoms with Gasteiger partial charge in [0, 0.05) is 25.5 Å². The van der Waals surface area contributed by atoms with Crippen LogP contribution in [-0.4, -0.2) is 17.8 Å². The predicted octanol–water partition coefficient (Wildman–Crippen LogP) is 4.94. The molecular weight excluding hydrogens is 352 g/mol. The minimum Gasteiger partial charge on any atom is -0.345 e. The molecule has 1 aromatic heterocycles. The zero-order chi connectivity index (χ0) is 18.6. The summed E-state index contributed by atoms with van der Waals surface area (Å²) >= 11 is 1.64. The first-order valence-electron chi connectivity index (χ1n) is 8.73. The van der Waals surface area contributed by atoms with Gasteiger partial charge >= 0.3 is 0 Å². The van der Waals surface area contributed by atoms with E-state index >= 15 is 0 Å². The molecule has 4 nitrogen and oxygen atoms in total. The van der Waals surface area contributed by atoms with Crippen molar-refractivity contribution < 1.29 is 0 Å². The number of fused-ring (bicyclic) bond motifs is 1. The maximum atomic E-state index is 4.38. The molecule has 0 bridgehead atoms. The average Bonchev–Trinajstić information content (AvgIpc) is 3.05. The van der Waals surface area contributed by atoms with E-state index in [0.29, 0.717) is 0 Å². The van der Waals surface area contributed by atoms with Crippen LogP contribution in [0, 0.1) is 0 Å². The molecule has 4 aromatic rings. The fourth-order valence-electron chi connectivity index (χ4n) is 2.91.